The molecule has 1 aliphatic heterocycles. The van der Waals surface area contributed by atoms with Gasteiger partial charge in [0.1, 0.15) is 12.9 Å². The van der Waals surface area contributed by atoms with E-state index in [0.29, 0.717) is 6.54 Å². The van der Waals surface area contributed by atoms with Gasteiger partial charge in [0, 0.05) is 29.7 Å². The molecule has 3 rings (SSSR count). The summed E-state index contributed by atoms with van der Waals surface area (Å²) in [6.07, 6.45) is 6.62. The second-order valence-electron chi connectivity index (χ2n) is 3.38. The van der Waals surface area contributed by atoms with Crippen LogP contribution in [0.15, 0.2) is 54.0 Å². The van der Waals surface area contributed by atoms with Crippen LogP contribution in [0.3, 0.4) is 0 Å². The Morgan fingerprint density at radius 2 is 1.76 bits per heavy atom. The first-order chi connectivity index (χ1) is 8.38. The van der Waals surface area contributed by atoms with E-state index in [2.05, 4.69) is 15.0 Å². The van der Waals surface area contributed by atoms with Crippen molar-refractivity contribution in [3.05, 3.63) is 60.2 Å². The molecular formula is C13H11N3O. The molecule has 4 heteroatoms. The van der Waals surface area contributed by atoms with Crippen molar-refractivity contribution >= 4 is 12.0 Å². The van der Waals surface area contributed by atoms with Crippen LogP contribution in [-0.2, 0) is 0 Å². The number of carbonyl (C=O) groups excluding carboxylic acids is 1. The average Bonchev–Trinajstić information content (AvgIpc) is 2.42. The fraction of sp³-hybridized carbons (Fsp3) is 0.0769. The van der Waals surface area contributed by atoms with E-state index in [0.717, 1.165) is 11.1 Å². The third kappa shape index (κ3) is 3.04. The molecule has 0 atom stereocenters. The van der Waals surface area contributed by atoms with E-state index in [1.165, 1.54) is 6.33 Å². The van der Waals surface area contributed by atoms with E-state index in [1.54, 1.807) is 24.7 Å². The van der Waals surface area contributed by atoms with Gasteiger partial charge < -0.3 is 0 Å². The predicted molar refractivity (Wildman–Crippen MR) is 65.3 cm³/mol. The number of nitrogens with zero attached hydrogens (tertiary/aromatic N) is 3. The summed E-state index contributed by atoms with van der Waals surface area (Å²) in [4.78, 5) is 22.4. The first-order valence-corrected chi connectivity index (χ1v) is 5.20. The lowest BCUT2D eigenvalue weighted by Gasteiger charge is -2.06. The van der Waals surface area contributed by atoms with Crippen molar-refractivity contribution in [1.29, 1.82) is 0 Å². The first kappa shape index (κ1) is 11.1. The van der Waals surface area contributed by atoms with E-state index in [-0.39, 0.29) is 5.78 Å². The van der Waals surface area contributed by atoms with Crippen LogP contribution in [0.5, 0.6) is 0 Å². The Balaban J connectivity index is 0.000000153. The van der Waals surface area contributed by atoms with Gasteiger partial charge in [-0.2, -0.15) is 0 Å². The highest BCUT2D eigenvalue weighted by Crippen LogP contribution is 2.10. The maximum absolute atomic E-state index is 11.2. The van der Waals surface area contributed by atoms with Crippen LogP contribution in [0.25, 0.3) is 0 Å². The second-order valence-corrected chi connectivity index (χ2v) is 3.38. The molecule has 0 fully saturated rings. The van der Waals surface area contributed by atoms with E-state index in [1.807, 2.05) is 24.3 Å². The molecule has 0 saturated carbocycles. The van der Waals surface area contributed by atoms with Crippen molar-refractivity contribution in [2.24, 2.45) is 4.99 Å². The molecule has 0 bridgehead atoms. The van der Waals surface area contributed by atoms with Crippen molar-refractivity contribution < 1.29 is 4.79 Å². The molecule has 1 aromatic carbocycles. The fourth-order valence-electron chi connectivity index (χ4n) is 1.43. The standard InChI is InChI=1S/C9H7NO.C4H4N2/c11-9-6-10-5-7-3-1-2-4-8(7)9;1-2-5-4-6-3-1/h1-5H,6H2;1-4H. The van der Waals surface area contributed by atoms with Crippen LogP contribution in [0.1, 0.15) is 15.9 Å². The number of hydrogen-bond donors (Lipinski definition) is 0. The number of aliphatic imine (C=N–C) groups is 1. The van der Waals surface area contributed by atoms with Crippen LogP contribution in [0.4, 0.5) is 0 Å². The highest BCUT2D eigenvalue weighted by molar-refractivity contribution is 6.07. The predicted octanol–water partition coefficient (Wildman–Crippen LogP) is 1.78. The van der Waals surface area contributed by atoms with Crippen molar-refractivity contribution in [3.63, 3.8) is 0 Å². The van der Waals surface area contributed by atoms with E-state index in [4.69, 9.17) is 0 Å². The highest BCUT2D eigenvalue weighted by Gasteiger charge is 2.11. The third-order valence-corrected chi connectivity index (χ3v) is 2.20. The SMILES string of the molecule is O=C1CN=Cc2ccccc21.c1cncnc1. The molecule has 2 aromatic rings. The van der Waals surface area contributed by atoms with Crippen molar-refractivity contribution in [2.45, 2.75) is 0 Å². The number of rotatable bonds is 0. The first-order valence-electron chi connectivity index (χ1n) is 5.20. The minimum absolute atomic E-state index is 0.114. The Hall–Kier alpha value is -2.36. The number of Topliss-reactive ketones (excluding diaryl/α,β-unsaturated/α-hetero) is 1. The lowest BCUT2D eigenvalue weighted by Crippen LogP contribution is -2.11. The van der Waals surface area contributed by atoms with Gasteiger partial charge in [0.05, 0.1) is 0 Å². The molecule has 0 spiro atoms. The molecule has 84 valence electrons. The molecule has 0 N–H and O–H groups in total. The largest absolute Gasteiger partial charge is 0.292 e. The normalized spacial score (nSPS) is 12.4. The summed E-state index contributed by atoms with van der Waals surface area (Å²) >= 11 is 0. The molecular weight excluding hydrogens is 214 g/mol. The maximum atomic E-state index is 11.2. The van der Waals surface area contributed by atoms with Gasteiger partial charge in [-0.05, 0) is 6.07 Å². The van der Waals surface area contributed by atoms with Crippen LogP contribution < -0.4 is 0 Å². The molecule has 0 aliphatic carbocycles. The topological polar surface area (TPSA) is 55.2 Å². The molecule has 0 radical (unpaired) electrons. The molecule has 0 saturated heterocycles. The minimum Gasteiger partial charge on any atom is -0.292 e. The summed E-state index contributed by atoms with van der Waals surface area (Å²) in [7, 11) is 0. The van der Waals surface area contributed by atoms with Crippen molar-refractivity contribution in [3.8, 4) is 0 Å². The molecule has 0 amide bonds. The van der Waals surface area contributed by atoms with Gasteiger partial charge in [-0.3, -0.25) is 9.79 Å². The van der Waals surface area contributed by atoms with Crippen LogP contribution in [0.2, 0.25) is 0 Å². The molecule has 2 heterocycles. The summed E-state index contributed by atoms with van der Waals surface area (Å²) in [6.45, 7) is 0.303. The monoisotopic (exact) mass is 225 g/mol. The Bertz CT molecular complexity index is 496. The highest BCUT2D eigenvalue weighted by atomic mass is 16.1. The van der Waals surface area contributed by atoms with Crippen molar-refractivity contribution in [1.82, 2.24) is 9.97 Å². The zero-order valence-corrected chi connectivity index (χ0v) is 9.15. The number of fused-ring (bicyclic) bond motifs is 1. The number of hydrogen-bond acceptors (Lipinski definition) is 4. The van der Waals surface area contributed by atoms with E-state index < -0.39 is 0 Å². The number of ketones is 1. The van der Waals surface area contributed by atoms with Crippen molar-refractivity contribution in [2.75, 3.05) is 6.54 Å². The van der Waals surface area contributed by atoms with Gasteiger partial charge in [0.2, 0.25) is 0 Å². The summed E-state index contributed by atoms with van der Waals surface area (Å²) in [5.74, 6) is 0.114. The van der Waals surface area contributed by atoms with Gasteiger partial charge >= 0.3 is 0 Å². The van der Waals surface area contributed by atoms with Crippen LogP contribution in [0, 0.1) is 0 Å². The van der Waals surface area contributed by atoms with Crippen LogP contribution in [-0.4, -0.2) is 28.5 Å². The summed E-state index contributed by atoms with van der Waals surface area (Å²) < 4.78 is 0. The zero-order chi connectivity index (χ0) is 11.9. The van der Waals surface area contributed by atoms with Gasteiger partial charge in [-0.15, -0.1) is 0 Å². The Kier molecular flexibility index (Phi) is 3.70. The lowest BCUT2D eigenvalue weighted by atomic mass is 10.0. The Morgan fingerprint density at radius 3 is 2.35 bits per heavy atom. The summed E-state index contributed by atoms with van der Waals surface area (Å²) in [5, 5.41) is 0. The van der Waals surface area contributed by atoms with Gasteiger partial charge in [-0.25, -0.2) is 9.97 Å². The van der Waals surface area contributed by atoms with Gasteiger partial charge in [-0.1, -0.05) is 24.3 Å². The number of carbonyl (C=O) groups is 1. The van der Waals surface area contributed by atoms with Gasteiger partial charge in [0.15, 0.2) is 5.78 Å². The average molecular weight is 225 g/mol. The summed E-state index contributed by atoms with van der Waals surface area (Å²) in [5.41, 5.74) is 1.73. The molecule has 0 unspecified atom stereocenters. The zero-order valence-electron chi connectivity index (χ0n) is 9.15. The smallest absolute Gasteiger partial charge is 0.184 e. The lowest BCUT2D eigenvalue weighted by molar-refractivity contribution is 0.100. The quantitative estimate of drug-likeness (QED) is 0.686. The fourth-order valence-corrected chi connectivity index (χ4v) is 1.43. The van der Waals surface area contributed by atoms with Crippen LogP contribution >= 0.6 is 0 Å². The van der Waals surface area contributed by atoms with E-state index in [9.17, 15) is 4.79 Å². The second kappa shape index (κ2) is 5.65. The van der Waals surface area contributed by atoms with E-state index >= 15 is 0 Å². The maximum Gasteiger partial charge on any atom is 0.184 e. The third-order valence-electron chi connectivity index (χ3n) is 2.20. The molecule has 1 aromatic heterocycles. The molecule has 17 heavy (non-hydrogen) atoms. The summed E-state index contributed by atoms with van der Waals surface area (Å²) in [6, 6.07) is 9.29. The Morgan fingerprint density at radius 1 is 1.00 bits per heavy atom. The minimum atomic E-state index is 0.114. The number of aromatic nitrogens is 2. The molecule has 1 aliphatic rings. The van der Waals surface area contributed by atoms with Gasteiger partial charge in [0.25, 0.3) is 0 Å². The molecule has 4 nitrogen and oxygen atoms in total. The Labute approximate surface area is 99.1 Å². The number of benzene rings is 1.